The molecule has 0 unspecified atom stereocenters. The molecule has 0 N–H and O–H groups in total. The van der Waals surface area contributed by atoms with Gasteiger partial charge in [0.25, 0.3) is 0 Å². The summed E-state index contributed by atoms with van der Waals surface area (Å²) in [6.07, 6.45) is 1.57. The molecule has 0 atom stereocenters. The molecule has 0 aliphatic heterocycles. The molecule has 158 valence electrons. The Morgan fingerprint density at radius 1 is 1.03 bits per heavy atom. The van der Waals surface area contributed by atoms with Gasteiger partial charge in [0, 0.05) is 17.1 Å². The number of esters is 1. The van der Waals surface area contributed by atoms with Crippen LogP contribution in [0.15, 0.2) is 60.2 Å². The molecule has 6 nitrogen and oxygen atoms in total. The largest absolute Gasteiger partial charge is 0.497 e. The Labute approximate surface area is 181 Å². The molecule has 2 aromatic carbocycles. The third-order valence-electron chi connectivity index (χ3n) is 4.95. The van der Waals surface area contributed by atoms with E-state index >= 15 is 0 Å². The van der Waals surface area contributed by atoms with Crippen LogP contribution in [0.3, 0.4) is 0 Å². The first kappa shape index (κ1) is 21.7. The predicted octanol–water partition coefficient (Wildman–Crippen LogP) is 4.76. The molecule has 0 amide bonds. The van der Waals surface area contributed by atoms with Crippen molar-refractivity contribution in [3.63, 3.8) is 0 Å². The highest BCUT2D eigenvalue weighted by Crippen LogP contribution is 2.24. The molecular formula is C25H24N2O4. The maximum absolute atomic E-state index is 12.5. The normalized spacial score (nSPS) is 11.0. The first-order valence-electron chi connectivity index (χ1n) is 9.72. The molecule has 0 fully saturated rings. The third kappa shape index (κ3) is 4.96. The topological polar surface area (TPSA) is 73.5 Å². The van der Waals surface area contributed by atoms with E-state index in [1.165, 1.54) is 0 Å². The molecule has 0 aliphatic rings. The molecule has 0 saturated heterocycles. The van der Waals surface area contributed by atoms with E-state index in [9.17, 15) is 10.1 Å². The Balaban J connectivity index is 1.81. The van der Waals surface area contributed by atoms with Crippen molar-refractivity contribution in [3.05, 3.63) is 82.7 Å². The van der Waals surface area contributed by atoms with Crippen LogP contribution in [0.25, 0.3) is 11.8 Å². The molecule has 3 rings (SSSR count). The summed E-state index contributed by atoms with van der Waals surface area (Å²) in [5, 5.41) is 9.52. The number of carbonyl (C=O) groups is 1. The van der Waals surface area contributed by atoms with Crippen LogP contribution in [-0.2, 0) is 16.1 Å². The number of benzene rings is 2. The fourth-order valence-corrected chi connectivity index (χ4v) is 3.34. The summed E-state index contributed by atoms with van der Waals surface area (Å²) >= 11 is 0. The number of nitrogens with zero attached hydrogens (tertiary/aromatic N) is 2. The number of aryl methyl sites for hydroxylation is 1. The van der Waals surface area contributed by atoms with Gasteiger partial charge in [-0.25, -0.2) is 4.79 Å². The highest BCUT2D eigenvalue weighted by molar-refractivity contribution is 5.98. The van der Waals surface area contributed by atoms with E-state index < -0.39 is 5.97 Å². The molecule has 0 radical (unpaired) electrons. The van der Waals surface area contributed by atoms with E-state index in [-0.39, 0.29) is 12.2 Å². The summed E-state index contributed by atoms with van der Waals surface area (Å²) in [4.78, 5) is 12.5. The molecule has 1 heterocycles. The third-order valence-corrected chi connectivity index (χ3v) is 4.95. The average Bonchev–Trinajstić information content (AvgIpc) is 3.08. The van der Waals surface area contributed by atoms with Crippen molar-refractivity contribution in [2.45, 2.75) is 20.5 Å². The zero-order valence-electron chi connectivity index (χ0n) is 18.0. The molecular weight excluding hydrogens is 392 g/mol. The number of nitriles is 1. The van der Waals surface area contributed by atoms with Crippen LogP contribution < -0.4 is 9.47 Å². The van der Waals surface area contributed by atoms with Crippen molar-refractivity contribution in [1.82, 2.24) is 4.57 Å². The van der Waals surface area contributed by atoms with E-state index in [4.69, 9.17) is 14.2 Å². The first-order valence-corrected chi connectivity index (χ1v) is 9.72. The molecule has 0 saturated carbocycles. The molecule has 6 heteroatoms. The summed E-state index contributed by atoms with van der Waals surface area (Å²) < 4.78 is 17.8. The lowest BCUT2D eigenvalue weighted by Crippen LogP contribution is -2.07. The summed E-state index contributed by atoms with van der Waals surface area (Å²) in [5.41, 5.74) is 4.37. The molecule has 1 aromatic heterocycles. The first-order chi connectivity index (χ1) is 15.0. The Bertz CT molecular complexity index is 1150. The van der Waals surface area contributed by atoms with Crippen molar-refractivity contribution < 1.29 is 19.0 Å². The summed E-state index contributed by atoms with van der Waals surface area (Å²) in [6.45, 7) is 3.97. The fraction of sp³-hybridized carbons (Fsp3) is 0.200. The van der Waals surface area contributed by atoms with Crippen LogP contribution in [0.1, 0.15) is 22.5 Å². The zero-order valence-corrected chi connectivity index (χ0v) is 18.0. The van der Waals surface area contributed by atoms with Gasteiger partial charge in [-0.15, -0.1) is 0 Å². The van der Waals surface area contributed by atoms with E-state index in [2.05, 4.69) is 4.57 Å². The molecule has 3 aromatic rings. The number of methoxy groups -OCH3 is 2. The minimum absolute atomic E-state index is 0.0555. The maximum Gasteiger partial charge on any atom is 0.349 e. The molecule has 31 heavy (non-hydrogen) atoms. The van der Waals surface area contributed by atoms with Crippen molar-refractivity contribution in [3.8, 4) is 23.3 Å². The Kier molecular flexibility index (Phi) is 6.78. The summed E-state index contributed by atoms with van der Waals surface area (Å²) in [7, 11) is 3.20. The molecule has 0 bridgehead atoms. The minimum Gasteiger partial charge on any atom is -0.497 e. The van der Waals surface area contributed by atoms with Gasteiger partial charge < -0.3 is 18.8 Å². The summed E-state index contributed by atoms with van der Waals surface area (Å²) in [5.74, 6) is 0.784. The molecule has 0 aliphatic carbocycles. The highest BCUT2D eigenvalue weighted by atomic mass is 16.5. The van der Waals surface area contributed by atoms with Gasteiger partial charge in [-0.1, -0.05) is 12.1 Å². The van der Waals surface area contributed by atoms with Crippen LogP contribution in [0, 0.1) is 25.2 Å². The second-order valence-electron chi connectivity index (χ2n) is 6.96. The van der Waals surface area contributed by atoms with Crippen molar-refractivity contribution >= 4 is 12.0 Å². The Morgan fingerprint density at radius 3 is 2.39 bits per heavy atom. The zero-order chi connectivity index (χ0) is 22.4. The van der Waals surface area contributed by atoms with Gasteiger partial charge in [0.05, 0.1) is 14.2 Å². The van der Waals surface area contributed by atoms with Gasteiger partial charge in [0.15, 0.2) is 0 Å². The van der Waals surface area contributed by atoms with Gasteiger partial charge in [-0.2, -0.15) is 5.26 Å². The van der Waals surface area contributed by atoms with Gasteiger partial charge >= 0.3 is 5.97 Å². The number of hydrogen-bond acceptors (Lipinski definition) is 5. The number of ether oxygens (including phenoxy) is 3. The lowest BCUT2D eigenvalue weighted by Gasteiger charge is -2.10. The number of rotatable bonds is 7. The van der Waals surface area contributed by atoms with Gasteiger partial charge in [-0.3, -0.25) is 0 Å². The predicted molar refractivity (Wildman–Crippen MR) is 118 cm³/mol. The van der Waals surface area contributed by atoms with Crippen LogP contribution >= 0.6 is 0 Å². The standard InChI is InChI=1S/C25H24N2O4/c1-17-12-20(18(2)27(17)22-8-10-23(29-3)11-9-22)14-21(15-26)25(28)31-16-19-6-5-7-24(13-19)30-4/h5-14H,16H2,1-4H3/b21-14+. The fourth-order valence-electron chi connectivity index (χ4n) is 3.34. The van der Waals surface area contributed by atoms with Crippen LogP contribution in [0.5, 0.6) is 11.5 Å². The number of carbonyl (C=O) groups excluding carboxylic acids is 1. The monoisotopic (exact) mass is 416 g/mol. The summed E-state index contributed by atoms with van der Waals surface area (Å²) in [6, 6.07) is 18.8. The van der Waals surface area contributed by atoms with Gasteiger partial charge in [0.2, 0.25) is 0 Å². The van der Waals surface area contributed by atoms with Crippen molar-refractivity contribution in [1.29, 1.82) is 5.26 Å². The molecule has 0 spiro atoms. The van der Waals surface area contributed by atoms with Crippen LogP contribution in [0.2, 0.25) is 0 Å². The lowest BCUT2D eigenvalue weighted by atomic mass is 10.1. The highest BCUT2D eigenvalue weighted by Gasteiger charge is 2.15. The van der Waals surface area contributed by atoms with Gasteiger partial charge in [0.1, 0.15) is 29.7 Å². The minimum atomic E-state index is -0.667. The second kappa shape index (κ2) is 9.68. The lowest BCUT2D eigenvalue weighted by molar-refractivity contribution is -0.139. The second-order valence-corrected chi connectivity index (χ2v) is 6.96. The Hall–Kier alpha value is -3.98. The Morgan fingerprint density at radius 2 is 1.74 bits per heavy atom. The smallest absolute Gasteiger partial charge is 0.349 e. The van der Waals surface area contributed by atoms with Crippen molar-refractivity contribution in [2.75, 3.05) is 14.2 Å². The number of aromatic nitrogens is 1. The van der Waals surface area contributed by atoms with Crippen molar-refractivity contribution in [2.24, 2.45) is 0 Å². The quantitative estimate of drug-likeness (QED) is 0.315. The average molecular weight is 416 g/mol. The van der Waals surface area contributed by atoms with Crippen LogP contribution in [-0.4, -0.2) is 24.8 Å². The van der Waals surface area contributed by atoms with E-state index in [1.54, 1.807) is 26.4 Å². The van der Waals surface area contributed by atoms with E-state index in [0.717, 1.165) is 34.0 Å². The van der Waals surface area contributed by atoms with Gasteiger partial charge in [-0.05, 0) is 73.5 Å². The van der Waals surface area contributed by atoms with Crippen LogP contribution in [0.4, 0.5) is 0 Å². The SMILES string of the molecule is COc1ccc(-n2c(C)cc(/C=C(\C#N)C(=O)OCc3cccc(OC)c3)c2C)cc1. The van der Waals surface area contributed by atoms with E-state index in [0.29, 0.717) is 5.75 Å². The number of hydrogen-bond donors (Lipinski definition) is 0. The van der Waals surface area contributed by atoms with E-state index in [1.807, 2.05) is 68.4 Å². The maximum atomic E-state index is 12.5.